The fourth-order valence-corrected chi connectivity index (χ4v) is 1.71. The van der Waals surface area contributed by atoms with Gasteiger partial charge in [0.2, 0.25) is 5.89 Å². The molecule has 1 aromatic carbocycles. The van der Waals surface area contributed by atoms with Crippen molar-refractivity contribution < 1.29 is 19.4 Å². The van der Waals surface area contributed by atoms with Crippen molar-refractivity contribution in [1.29, 1.82) is 0 Å². The molecule has 2 rings (SSSR count). The topological polar surface area (TPSA) is 95.9 Å². The Labute approximate surface area is 120 Å². The van der Waals surface area contributed by atoms with Crippen LogP contribution in [0.1, 0.15) is 5.69 Å². The monoisotopic (exact) mass is 292 g/mol. The maximum Gasteiger partial charge on any atom is 0.329 e. The lowest BCUT2D eigenvalue weighted by atomic mass is 10.2. The summed E-state index contributed by atoms with van der Waals surface area (Å²) in [4.78, 5) is 18.7. The number of nitrogens with zero attached hydrogens (tertiary/aromatic N) is 2. The SMILES string of the molecule is O=C(O)[C@H](CS)N=Cc1nc(-c2ccccc2)oc1O. The van der Waals surface area contributed by atoms with Crippen molar-refractivity contribution in [1.82, 2.24) is 4.98 Å². The Bertz CT molecular complexity index is 625. The number of aliphatic carboxylic acids is 1. The van der Waals surface area contributed by atoms with Crippen LogP contribution in [0.5, 0.6) is 5.95 Å². The van der Waals surface area contributed by atoms with E-state index in [1.165, 1.54) is 6.21 Å². The summed E-state index contributed by atoms with van der Waals surface area (Å²) in [6.07, 6.45) is 1.17. The van der Waals surface area contributed by atoms with Gasteiger partial charge in [-0.15, -0.1) is 0 Å². The van der Waals surface area contributed by atoms with Gasteiger partial charge in [0, 0.05) is 11.3 Å². The van der Waals surface area contributed by atoms with E-state index < -0.39 is 18.0 Å². The van der Waals surface area contributed by atoms with Gasteiger partial charge in [0.15, 0.2) is 11.7 Å². The van der Waals surface area contributed by atoms with E-state index in [1.54, 1.807) is 12.1 Å². The Morgan fingerprint density at radius 3 is 2.75 bits per heavy atom. The highest BCUT2D eigenvalue weighted by molar-refractivity contribution is 7.80. The third-order valence-corrected chi connectivity index (χ3v) is 2.84. The van der Waals surface area contributed by atoms with Crippen LogP contribution in [0.15, 0.2) is 39.7 Å². The Morgan fingerprint density at radius 1 is 1.45 bits per heavy atom. The molecule has 0 saturated carbocycles. The molecule has 0 radical (unpaired) electrons. The van der Waals surface area contributed by atoms with Gasteiger partial charge in [-0.2, -0.15) is 12.6 Å². The van der Waals surface area contributed by atoms with Gasteiger partial charge in [-0.05, 0) is 12.1 Å². The highest BCUT2D eigenvalue weighted by Gasteiger charge is 2.15. The average Bonchev–Trinajstić information content (AvgIpc) is 2.82. The number of hydrogen-bond acceptors (Lipinski definition) is 6. The van der Waals surface area contributed by atoms with Crippen molar-refractivity contribution in [3.05, 3.63) is 36.0 Å². The zero-order valence-electron chi connectivity index (χ0n) is 10.3. The molecule has 0 aliphatic carbocycles. The van der Waals surface area contributed by atoms with Gasteiger partial charge in [0.1, 0.15) is 0 Å². The highest BCUT2D eigenvalue weighted by Crippen LogP contribution is 2.25. The molecule has 1 atom stereocenters. The second-order valence-corrected chi connectivity index (χ2v) is 4.26. The number of benzene rings is 1. The number of carboxylic acid groups (broad SMARTS) is 1. The Kier molecular flexibility index (Phi) is 4.41. The molecule has 104 valence electrons. The molecule has 0 saturated heterocycles. The first-order valence-electron chi connectivity index (χ1n) is 5.74. The molecule has 1 aromatic heterocycles. The first kappa shape index (κ1) is 14.1. The maximum absolute atomic E-state index is 10.8. The van der Waals surface area contributed by atoms with Crippen LogP contribution in [0.3, 0.4) is 0 Å². The van der Waals surface area contributed by atoms with Gasteiger partial charge in [0.25, 0.3) is 0 Å². The first-order chi connectivity index (χ1) is 9.61. The molecule has 6 nitrogen and oxygen atoms in total. The van der Waals surface area contributed by atoms with Crippen LogP contribution < -0.4 is 0 Å². The van der Waals surface area contributed by atoms with E-state index in [0.29, 0.717) is 5.56 Å². The van der Waals surface area contributed by atoms with E-state index in [1.807, 2.05) is 18.2 Å². The number of carboxylic acids is 1. The van der Waals surface area contributed by atoms with E-state index in [4.69, 9.17) is 9.52 Å². The molecule has 7 heteroatoms. The van der Waals surface area contributed by atoms with Gasteiger partial charge in [-0.3, -0.25) is 4.99 Å². The first-order valence-corrected chi connectivity index (χ1v) is 6.37. The smallest absolute Gasteiger partial charge is 0.329 e. The van der Waals surface area contributed by atoms with Crippen LogP contribution in [0.25, 0.3) is 11.5 Å². The Morgan fingerprint density at radius 2 is 2.15 bits per heavy atom. The number of aliphatic imine (C=N–C) groups is 1. The van der Waals surface area contributed by atoms with Gasteiger partial charge < -0.3 is 14.6 Å². The van der Waals surface area contributed by atoms with E-state index in [-0.39, 0.29) is 17.3 Å². The standard InChI is InChI=1S/C13H12N2O4S/c16-12(17)10(7-20)14-6-9-13(18)19-11(15-9)8-4-2-1-3-5-8/h1-6,10,18,20H,7H2,(H,16,17)/t10-/m0/s1. The molecule has 20 heavy (non-hydrogen) atoms. The molecule has 0 aliphatic heterocycles. The Hall–Kier alpha value is -2.28. The van der Waals surface area contributed by atoms with E-state index >= 15 is 0 Å². The van der Waals surface area contributed by atoms with Gasteiger partial charge in [0.05, 0.1) is 6.21 Å². The van der Waals surface area contributed by atoms with Crippen LogP contribution in [0.4, 0.5) is 0 Å². The maximum atomic E-state index is 10.8. The third kappa shape index (κ3) is 3.18. The van der Waals surface area contributed by atoms with Crippen LogP contribution in [-0.2, 0) is 4.79 Å². The number of rotatable bonds is 5. The second-order valence-electron chi connectivity index (χ2n) is 3.89. The normalized spacial score (nSPS) is 12.7. The highest BCUT2D eigenvalue weighted by atomic mass is 32.1. The zero-order chi connectivity index (χ0) is 14.5. The fraction of sp³-hybridized carbons (Fsp3) is 0.154. The van der Waals surface area contributed by atoms with Crippen LogP contribution >= 0.6 is 12.6 Å². The molecule has 0 unspecified atom stereocenters. The minimum atomic E-state index is -1.09. The zero-order valence-corrected chi connectivity index (χ0v) is 11.2. The number of carbonyl (C=O) groups is 1. The summed E-state index contributed by atoms with van der Waals surface area (Å²) in [5.41, 5.74) is 0.781. The lowest BCUT2D eigenvalue weighted by Crippen LogP contribution is -2.19. The molecule has 2 aromatic rings. The van der Waals surface area contributed by atoms with Gasteiger partial charge >= 0.3 is 11.9 Å². The lowest BCUT2D eigenvalue weighted by Gasteiger charge is -2.00. The summed E-state index contributed by atoms with van der Waals surface area (Å²) in [7, 11) is 0. The number of aromatic hydroxyl groups is 1. The van der Waals surface area contributed by atoms with Crippen molar-refractivity contribution in [3.8, 4) is 17.4 Å². The molecule has 2 N–H and O–H groups in total. The van der Waals surface area contributed by atoms with Gasteiger partial charge in [-0.1, -0.05) is 18.2 Å². The Balaban J connectivity index is 2.24. The predicted molar refractivity (Wildman–Crippen MR) is 76.5 cm³/mol. The molecular weight excluding hydrogens is 280 g/mol. The summed E-state index contributed by atoms with van der Waals surface area (Å²) < 4.78 is 5.11. The predicted octanol–water partition coefficient (Wildman–Crippen LogP) is 1.85. The third-order valence-electron chi connectivity index (χ3n) is 2.49. The van der Waals surface area contributed by atoms with E-state index in [2.05, 4.69) is 22.6 Å². The van der Waals surface area contributed by atoms with Gasteiger partial charge in [-0.25, -0.2) is 9.78 Å². The molecule has 0 aliphatic rings. The number of aromatic nitrogens is 1. The minimum Gasteiger partial charge on any atom is -0.480 e. The molecule has 0 bridgehead atoms. The van der Waals surface area contributed by atoms with Crippen LogP contribution in [-0.4, -0.2) is 39.2 Å². The van der Waals surface area contributed by atoms with E-state index in [0.717, 1.165) is 0 Å². The van der Waals surface area contributed by atoms with Crippen molar-refractivity contribution in [2.45, 2.75) is 6.04 Å². The fourth-order valence-electron chi connectivity index (χ4n) is 1.46. The molecule has 0 amide bonds. The average molecular weight is 292 g/mol. The van der Waals surface area contributed by atoms with Crippen molar-refractivity contribution in [3.63, 3.8) is 0 Å². The minimum absolute atomic E-state index is 0.0516. The van der Waals surface area contributed by atoms with Crippen molar-refractivity contribution in [2.75, 3.05) is 5.75 Å². The van der Waals surface area contributed by atoms with Crippen LogP contribution in [0, 0.1) is 0 Å². The summed E-state index contributed by atoms with van der Waals surface area (Å²) >= 11 is 3.89. The summed E-state index contributed by atoms with van der Waals surface area (Å²) in [5, 5.41) is 18.5. The van der Waals surface area contributed by atoms with E-state index in [9.17, 15) is 9.90 Å². The molecule has 0 spiro atoms. The van der Waals surface area contributed by atoms with Crippen molar-refractivity contribution in [2.24, 2.45) is 4.99 Å². The molecule has 0 fully saturated rings. The number of thiol groups is 1. The molecule has 1 heterocycles. The number of oxazole rings is 1. The quantitative estimate of drug-likeness (QED) is 0.577. The lowest BCUT2D eigenvalue weighted by molar-refractivity contribution is -0.137. The second kappa shape index (κ2) is 6.25. The summed E-state index contributed by atoms with van der Waals surface area (Å²) in [6.45, 7) is 0. The summed E-state index contributed by atoms with van der Waals surface area (Å²) in [5.74, 6) is -1.21. The summed E-state index contributed by atoms with van der Waals surface area (Å²) in [6, 6.07) is 8.03. The van der Waals surface area contributed by atoms with Crippen molar-refractivity contribution >= 4 is 24.8 Å². The number of hydrogen-bond donors (Lipinski definition) is 3. The largest absolute Gasteiger partial charge is 0.480 e. The van der Waals surface area contributed by atoms with Crippen LogP contribution in [0.2, 0.25) is 0 Å². The molecular formula is C13H12N2O4S.